The van der Waals surface area contributed by atoms with Crippen molar-refractivity contribution in [1.82, 2.24) is 4.98 Å². The number of carbonyl (C=O) groups excluding carboxylic acids is 1. The van der Waals surface area contributed by atoms with Crippen LogP contribution in [0.25, 0.3) is 6.08 Å². The number of carboxylic acid groups (broad SMARTS) is 1. The summed E-state index contributed by atoms with van der Waals surface area (Å²) < 4.78 is 0. The summed E-state index contributed by atoms with van der Waals surface area (Å²) in [6.45, 7) is 1.46. The molecule has 1 aromatic heterocycles. The lowest BCUT2D eigenvalue weighted by Crippen LogP contribution is -2.22. The normalized spacial score (nSPS) is 10.7. The molecule has 0 fully saturated rings. The van der Waals surface area contributed by atoms with E-state index in [2.05, 4.69) is 4.98 Å². The summed E-state index contributed by atoms with van der Waals surface area (Å²) in [6.07, 6.45) is 2.41. The van der Waals surface area contributed by atoms with E-state index in [0.717, 1.165) is 11.8 Å². The van der Waals surface area contributed by atoms with Crippen LogP contribution in [-0.4, -0.2) is 22.0 Å². The van der Waals surface area contributed by atoms with Gasteiger partial charge in [0.05, 0.1) is 11.4 Å². The number of carbonyl (C=O) groups is 2. The molecule has 0 saturated heterocycles. The van der Waals surface area contributed by atoms with E-state index < -0.39 is 5.97 Å². The van der Waals surface area contributed by atoms with E-state index in [9.17, 15) is 9.59 Å². The van der Waals surface area contributed by atoms with Gasteiger partial charge in [-0.15, -0.1) is 11.3 Å². The van der Waals surface area contributed by atoms with Crippen molar-refractivity contribution < 1.29 is 14.7 Å². The van der Waals surface area contributed by atoms with Crippen molar-refractivity contribution in [2.45, 2.75) is 6.92 Å². The minimum absolute atomic E-state index is 0.153. The molecule has 5 nitrogen and oxygen atoms in total. The number of thiazole rings is 1. The largest absolute Gasteiger partial charge is 0.478 e. The highest BCUT2D eigenvalue weighted by Crippen LogP contribution is 2.28. The molecule has 1 aromatic carbocycles. The van der Waals surface area contributed by atoms with Crippen LogP contribution in [0.5, 0.6) is 0 Å². The van der Waals surface area contributed by atoms with Gasteiger partial charge in [-0.2, -0.15) is 0 Å². The molecule has 0 atom stereocenters. The van der Waals surface area contributed by atoms with Gasteiger partial charge in [-0.3, -0.25) is 9.69 Å². The van der Waals surface area contributed by atoms with E-state index in [1.54, 1.807) is 5.38 Å². The van der Waals surface area contributed by atoms with Crippen molar-refractivity contribution in [3.63, 3.8) is 0 Å². The summed E-state index contributed by atoms with van der Waals surface area (Å²) in [7, 11) is 0. The van der Waals surface area contributed by atoms with Crippen molar-refractivity contribution in [2.75, 3.05) is 4.90 Å². The minimum Gasteiger partial charge on any atom is -0.478 e. The zero-order valence-electron chi connectivity index (χ0n) is 10.7. The number of nitrogens with zero attached hydrogens (tertiary/aromatic N) is 2. The molecule has 0 bridgehead atoms. The maximum Gasteiger partial charge on any atom is 0.328 e. The number of rotatable bonds is 4. The van der Waals surface area contributed by atoms with Crippen molar-refractivity contribution in [3.8, 4) is 0 Å². The number of amides is 1. The highest BCUT2D eigenvalue weighted by Gasteiger charge is 2.16. The fourth-order valence-corrected chi connectivity index (χ4v) is 2.47. The molecule has 0 aliphatic heterocycles. The fraction of sp³-hybridized carbons (Fsp3) is 0.0714. The lowest BCUT2D eigenvalue weighted by Gasteiger charge is -2.17. The van der Waals surface area contributed by atoms with Crippen LogP contribution in [0.4, 0.5) is 10.8 Å². The second kappa shape index (κ2) is 6.12. The van der Waals surface area contributed by atoms with Crippen LogP contribution in [0.2, 0.25) is 0 Å². The van der Waals surface area contributed by atoms with Gasteiger partial charge in [-0.05, 0) is 18.2 Å². The Morgan fingerprint density at radius 3 is 2.60 bits per heavy atom. The van der Waals surface area contributed by atoms with Gasteiger partial charge in [-0.25, -0.2) is 9.78 Å². The standard InChI is InChI=1S/C14H12N2O3S/c1-10(17)16(12-5-3-2-4-6-12)14-15-11(9-20-14)7-8-13(18)19/h2-9H,1H3,(H,18,19)/b8-7+. The lowest BCUT2D eigenvalue weighted by molar-refractivity contribution is -0.131. The van der Waals surface area contributed by atoms with E-state index in [1.807, 2.05) is 30.3 Å². The van der Waals surface area contributed by atoms with Gasteiger partial charge in [0, 0.05) is 18.4 Å². The molecule has 2 aromatic rings. The fourth-order valence-electron chi connectivity index (χ4n) is 1.62. The molecule has 0 aliphatic carbocycles. The van der Waals surface area contributed by atoms with Crippen LogP contribution in [0.1, 0.15) is 12.6 Å². The third kappa shape index (κ3) is 3.30. The second-order valence-electron chi connectivity index (χ2n) is 3.92. The molecule has 6 heteroatoms. The predicted molar refractivity (Wildman–Crippen MR) is 78.0 cm³/mol. The molecule has 0 spiro atoms. The first-order valence-electron chi connectivity index (χ1n) is 5.80. The third-order valence-electron chi connectivity index (χ3n) is 2.43. The van der Waals surface area contributed by atoms with Crippen LogP contribution in [0, 0.1) is 0 Å². The summed E-state index contributed by atoms with van der Waals surface area (Å²) >= 11 is 1.28. The molecule has 0 saturated carbocycles. The highest BCUT2D eigenvalue weighted by atomic mass is 32.1. The molecule has 1 heterocycles. The van der Waals surface area contributed by atoms with Gasteiger partial charge in [0.25, 0.3) is 0 Å². The maximum atomic E-state index is 11.8. The van der Waals surface area contributed by atoms with Crippen LogP contribution >= 0.6 is 11.3 Å². The number of aromatic nitrogens is 1. The zero-order valence-corrected chi connectivity index (χ0v) is 11.5. The molecular weight excluding hydrogens is 276 g/mol. The molecule has 0 radical (unpaired) electrons. The third-order valence-corrected chi connectivity index (χ3v) is 3.27. The SMILES string of the molecule is CC(=O)N(c1ccccc1)c1nc(/C=C/C(=O)O)cs1. The molecule has 102 valence electrons. The monoisotopic (exact) mass is 288 g/mol. The quantitative estimate of drug-likeness (QED) is 0.878. The van der Waals surface area contributed by atoms with Crippen LogP contribution in [0.3, 0.4) is 0 Å². The van der Waals surface area contributed by atoms with Gasteiger partial charge >= 0.3 is 5.97 Å². The second-order valence-corrected chi connectivity index (χ2v) is 4.75. The van der Waals surface area contributed by atoms with E-state index in [4.69, 9.17) is 5.11 Å². The lowest BCUT2D eigenvalue weighted by atomic mass is 10.3. The number of hydrogen-bond acceptors (Lipinski definition) is 4. The Morgan fingerprint density at radius 1 is 1.30 bits per heavy atom. The van der Waals surface area contributed by atoms with Crippen LogP contribution < -0.4 is 4.90 Å². The first-order valence-corrected chi connectivity index (χ1v) is 6.68. The molecule has 1 N–H and O–H groups in total. The summed E-state index contributed by atoms with van der Waals surface area (Å²) in [5, 5.41) is 10.8. The van der Waals surface area contributed by atoms with Crippen molar-refractivity contribution >= 4 is 40.1 Å². The highest BCUT2D eigenvalue weighted by molar-refractivity contribution is 7.14. The number of hydrogen-bond donors (Lipinski definition) is 1. The molecule has 0 aliphatic rings. The number of anilines is 2. The first kappa shape index (κ1) is 14.0. The molecule has 20 heavy (non-hydrogen) atoms. The van der Waals surface area contributed by atoms with E-state index in [-0.39, 0.29) is 5.91 Å². The van der Waals surface area contributed by atoms with Crippen molar-refractivity contribution in [1.29, 1.82) is 0 Å². The molecule has 0 unspecified atom stereocenters. The van der Waals surface area contributed by atoms with Gasteiger partial charge in [0.15, 0.2) is 5.13 Å². The Morgan fingerprint density at radius 2 is 2.00 bits per heavy atom. The van der Waals surface area contributed by atoms with Gasteiger partial charge in [-0.1, -0.05) is 18.2 Å². The predicted octanol–water partition coefficient (Wildman–Crippen LogP) is 2.93. The van der Waals surface area contributed by atoms with Gasteiger partial charge in [0.2, 0.25) is 5.91 Å². The maximum absolute atomic E-state index is 11.8. The molecule has 1 amide bonds. The summed E-state index contributed by atoms with van der Waals surface area (Å²) in [5.74, 6) is -1.19. The Balaban J connectivity index is 2.32. The molecule has 2 rings (SSSR count). The number of aliphatic carboxylic acids is 1. The average molecular weight is 288 g/mol. The van der Waals surface area contributed by atoms with Crippen LogP contribution in [-0.2, 0) is 9.59 Å². The van der Waals surface area contributed by atoms with E-state index in [1.165, 1.54) is 29.2 Å². The van der Waals surface area contributed by atoms with E-state index >= 15 is 0 Å². The van der Waals surface area contributed by atoms with Gasteiger partial charge < -0.3 is 5.11 Å². The number of benzene rings is 1. The summed E-state index contributed by atoms with van der Waals surface area (Å²) in [4.78, 5) is 28.0. The summed E-state index contributed by atoms with van der Waals surface area (Å²) in [5.41, 5.74) is 1.23. The molecular formula is C14H12N2O3S. The van der Waals surface area contributed by atoms with Crippen LogP contribution in [0.15, 0.2) is 41.8 Å². The Labute approximate surface area is 119 Å². The Bertz CT molecular complexity index is 649. The summed E-state index contributed by atoms with van der Waals surface area (Å²) in [6, 6.07) is 9.17. The minimum atomic E-state index is -1.04. The Hall–Kier alpha value is -2.47. The zero-order chi connectivity index (χ0) is 14.5. The van der Waals surface area contributed by atoms with E-state index in [0.29, 0.717) is 10.8 Å². The first-order chi connectivity index (χ1) is 9.58. The smallest absolute Gasteiger partial charge is 0.328 e. The number of para-hydroxylation sites is 1. The van der Waals surface area contributed by atoms with Gasteiger partial charge in [0.1, 0.15) is 0 Å². The average Bonchev–Trinajstić information content (AvgIpc) is 2.86. The van der Waals surface area contributed by atoms with Crippen molar-refractivity contribution in [3.05, 3.63) is 47.5 Å². The number of carboxylic acids is 1. The van der Waals surface area contributed by atoms with Crippen molar-refractivity contribution in [2.24, 2.45) is 0 Å². The Kier molecular flexibility index (Phi) is 4.27. The topological polar surface area (TPSA) is 70.5 Å².